The summed E-state index contributed by atoms with van der Waals surface area (Å²) in [5, 5.41) is 14.9. The highest BCUT2D eigenvalue weighted by molar-refractivity contribution is 6.07. The van der Waals surface area contributed by atoms with E-state index >= 15 is 0 Å². The molecule has 2 bridgehead atoms. The van der Waals surface area contributed by atoms with E-state index in [0.29, 0.717) is 11.3 Å². The Labute approximate surface area is 241 Å². The van der Waals surface area contributed by atoms with Gasteiger partial charge in [-0.05, 0) is 47.1 Å². The monoisotopic (exact) mass is 583 g/mol. The molecule has 8 atom stereocenters. The lowest BCUT2D eigenvalue weighted by Gasteiger charge is -2.38. The number of halogens is 3. The first kappa shape index (κ1) is 28.2. The maximum atomic E-state index is 14.5. The molecule has 4 amide bonds. The van der Waals surface area contributed by atoms with Gasteiger partial charge in [-0.3, -0.25) is 19.2 Å². The highest BCUT2D eigenvalue weighted by Gasteiger charge is 2.62. The lowest BCUT2D eigenvalue weighted by atomic mass is 9.79. The van der Waals surface area contributed by atoms with Gasteiger partial charge in [-0.1, -0.05) is 51.1 Å². The van der Waals surface area contributed by atoms with Crippen LogP contribution in [0.1, 0.15) is 39.2 Å². The van der Waals surface area contributed by atoms with Crippen LogP contribution in [-0.4, -0.2) is 70.8 Å². The molecule has 1 spiro atoms. The van der Waals surface area contributed by atoms with E-state index < -0.39 is 52.9 Å². The molecule has 2 aliphatic carbocycles. The van der Waals surface area contributed by atoms with Gasteiger partial charge >= 0.3 is 12.1 Å². The van der Waals surface area contributed by atoms with Crippen LogP contribution < -0.4 is 10.6 Å². The normalized spacial score (nSPS) is 33.4. The average molecular weight is 584 g/mol. The van der Waals surface area contributed by atoms with E-state index in [0.717, 1.165) is 6.42 Å². The van der Waals surface area contributed by atoms with Gasteiger partial charge in [0.2, 0.25) is 17.7 Å². The van der Waals surface area contributed by atoms with Gasteiger partial charge in [0.1, 0.15) is 18.1 Å². The summed E-state index contributed by atoms with van der Waals surface area (Å²) in [6.45, 7) is 4.76. The van der Waals surface area contributed by atoms with E-state index in [1.54, 1.807) is 45.0 Å². The molecule has 9 nitrogen and oxygen atoms in total. The number of hydrogen-bond donors (Lipinski definition) is 2. The van der Waals surface area contributed by atoms with Gasteiger partial charge in [0.05, 0.1) is 11.5 Å². The van der Waals surface area contributed by atoms with Gasteiger partial charge in [0.15, 0.2) is 0 Å². The molecule has 1 aromatic carbocycles. The first-order valence-electron chi connectivity index (χ1n) is 14.1. The number of amides is 4. The number of hydrogen-bond acceptors (Lipinski definition) is 5. The molecule has 5 aliphatic rings. The number of nitrogens with zero attached hydrogens (tertiary/aromatic N) is 3. The van der Waals surface area contributed by atoms with Crippen LogP contribution in [0.3, 0.4) is 0 Å². The van der Waals surface area contributed by atoms with Gasteiger partial charge in [-0.2, -0.15) is 18.4 Å². The standard InChI is InChI=1S/C30H32F3N5O4/c1-28(2,3)23(36-27(42)30(31,32)33)25(40)37-13-18-15-8-9-16(10-15)21(18)22(37)24(39)38-14-29(11-17(38)12-34)19-6-4-5-7-20(19)35-26(29)41/h4-9,15-18,21-23H,10-11,13-14H2,1-3H3,(H,35,41)(H,36,42)/t15-,16+,17+,18-,21+,22+,23-,29+/m1/s1. The molecule has 2 saturated heterocycles. The van der Waals surface area contributed by atoms with Crippen molar-refractivity contribution in [2.24, 2.45) is 29.1 Å². The molecular formula is C30H32F3N5O4. The quantitative estimate of drug-likeness (QED) is 0.530. The van der Waals surface area contributed by atoms with Crippen molar-refractivity contribution in [1.82, 2.24) is 15.1 Å². The molecule has 6 rings (SSSR count). The number of likely N-dealkylation sites (tertiary alicyclic amines) is 2. The minimum absolute atomic E-state index is 0.00259. The van der Waals surface area contributed by atoms with Gasteiger partial charge < -0.3 is 20.4 Å². The fourth-order valence-electron chi connectivity index (χ4n) is 7.94. The molecule has 3 heterocycles. The Balaban J connectivity index is 1.36. The summed E-state index contributed by atoms with van der Waals surface area (Å²) in [7, 11) is 0. The number of benzene rings is 1. The number of nitrogens with one attached hydrogen (secondary N) is 2. The van der Waals surface area contributed by atoms with Crippen LogP contribution in [0, 0.1) is 40.4 Å². The highest BCUT2D eigenvalue weighted by atomic mass is 19.4. The molecule has 0 unspecified atom stereocenters. The molecule has 1 aromatic rings. The zero-order chi connectivity index (χ0) is 30.4. The van der Waals surface area contributed by atoms with Crippen LogP contribution in [0.2, 0.25) is 0 Å². The molecule has 0 radical (unpaired) electrons. The Morgan fingerprint density at radius 1 is 1.12 bits per heavy atom. The predicted molar refractivity (Wildman–Crippen MR) is 143 cm³/mol. The number of fused-ring (bicyclic) bond motifs is 7. The zero-order valence-electron chi connectivity index (χ0n) is 23.4. The van der Waals surface area contributed by atoms with Crippen LogP contribution in [0.15, 0.2) is 36.4 Å². The van der Waals surface area contributed by atoms with E-state index in [2.05, 4.69) is 17.5 Å². The molecule has 3 aliphatic heterocycles. The van der Waals surface area contributed by atoms with Crippen molar-refractivity contribution in [3.8, 4) is 6.07 Å². The molecular weight excluding hydrogens is 551 g/mol. The van der Waals surface area contributed by atoms with Gasteiger partial charge in [-0.25, -0.2) is 0 Å². The van der Waals surface area contributed by atoms with Crippen LogP contribution in [0.5, 0.6) is 0 Å². The van der Waals surface area contributed by atoms with Crippen LogP contribution in [0.4, 0.5) is 18.9 Å². The van der Waals surface area contributed by atoms with Crippen molar-refractivity contribution in [3.05, 3.63) is 42.0 Å². The number of carbonyl (C=O) groups excluding carboxylic acids is 4. The summed E-state index contributed by atoms with van der Waals surface area (Å²) in [5.74, 6) is -4.03. The fraction of sp³-hybridized carbons (Fsp3) is 0.567. The summed E-state index contributed by atoms with van der Waals surface area (Å²) in [5.41, 5.74) is -0.895. The van der Waals surface area contributed by atoms with Crippen LogP contribution in [-0.2, 0) is 24.6 Å². The first-order valence-corrected chi connectivity index (χ1v) is 14.1. The number of anilines is 1. The Kier molecular flexibility index (Phi) is 6.26. The van der Waals surface area contributed by atoms with Crippen molar-refractivity contribution < 1.29 is 32.3 Å². The second kappa shape index (κ2) is 9.31. The van der Waals surface area contributed by atoms with Crippen molar-refractivity contribution in [3.63, 3.8) is 0 Å². The van der Waals surface area contributed by atoms with Gasteiger partial charge in [0.25, 0.3) is 0 Å². The summed E-state index contributed by atoms with van der Waals surface area (Å²) in [4.78, 5) is 56.6. The lowest BCUT2D eigenvalue weighted by Crippen LogP contribution is -2.60. The Morgan fingerprint density at radius 3 is 2.48 bits per heavy atom. The number of rotatable bonds is 3. The van der Waals surface area contributed by atoms with E-state index in [-0.39, 0.29) is 49.1 Å². The molecule has 2 N–H and O–H groups in total. The average Bonchev–Trinajstić information content (AvgIpc) is 3.72. The molecule has 1 saturated carbocycles. The smallest absolute Gasteiger partial charge is 0.336 e. The molecule has 12 heteroatoms. The number of alkyl halides is 3. The van der Waals surface area contributed by atoms with E-state index in [4.69, 9.17) is 0 Å². The second-order valence-corrected chi connectivity index (χ2v) is 13.3. The minimum atomic E-state index is -5.19. The van der Waals surface area contributed by atoms with E-state index in [9.17, 15) is 37.6 Å². The third-order valence-electron chi connectivity index (χ3n) is 9.89. The first-order chi connectivity index (χ1) is 19.7. The third-order valence-corrected chi connectivity index (χ3v) is 9.89. The van der Waals surface area contributed by atoms with Crippen molar-refractivity contribution in [2.45, 2.75) is 63.3 Å². The van der Waals surface area contributed by atoms with E-state index in [1.807, 2.05) is 11.4 Å². The SMILES string of the molecule is CC(C)(C)[C@H](NC(=O)C(F)(F)F)C(=O)N1C[C@H]2[C@@H]([C@H]1C(=O)N1C[C@]3(C[C@H]1C#N)C(=O)Nc1ccccc13)[C@H]1C=C[C@@H]2C1. The van der Waals surface area contributed by atoms with Crippen molar-refractivity contribution >= 4 is 29.3 Å². The Morgan fingerprint density at radius 2 is 1.81 bits per heavy atom. The number of allylic oxidation sites excluding steroid dienone is 2. The summed E-state index contributed by atoms with van der Waals surface area (Å²) >= 11 is 0. The maximum Gasteiger partial charge on any atom is 0.471 e. The highest BCUT2D eigenvalue weighted by Crippen LogP contribution is 2.55. The van der Waals surface area contributed by atoms with Crippen molar-refractivity contribution in [2.75, 3.05) is 18.4 Å². The van der Waals surface area contributed by atoms with Gasteiger partial charge in [0, 0.05) is 25.2 Å². The Bertz CT molecular complexity index is 1450. The van der Waals surface area contributed by atoms with Crippen molar-refractivity contribution in [1.29, 1.82) is 5.26 Å². The maximum absolute atomic E-state index is 14.5. The van der Waals surface area contributed by atoms with Crippen LogP contribution >= 0.6 is 0 Å². The molecule has 222 valence electrons. The summed E-state index contributed by atoms with van der Waals surface area (Å²) in [6, 6.07) is 5.78. The fourth-order valence-corrected chi connectivity index (χ4v) is 7.94. The third kappa shape index (κ3) is 4.11. The predicted octanol–water partition coefficient (Wildman–Crippen LogP) is 2.74. The largest absolute Gasteiger partial charge is 0.471 e. The lowest BCUT2D eigenvalue weighted by molar-refractivity contribution is -0.176. The number of carbonyl (C=O) groups is 4. The van der Waals surface area contributed by atoms with Gasteiger partial charge in [-0.15, -0.1) is 0 Å². The molecule has 3 fully saturated rings. The van der Waals surface area contributed by atoms with Crippen LogP contribution in [0.25, 0.3) is 0 Å². The molecule has 42 heavy (non-hydrogen) atoms. The minimum Gasteiger partial charge on any atom is -0.336 e. The summed E-state index contributed by atoms with van der Waals surface area (Å²) < 4.78 is 39.7. The number of para-hydroxylation sites is 1. The second-order valence-electron chi connectivity index (χ2n) is 13.3. The topological polar surface area (TPSA) is 123 Å². The molecule has 0 aromatic heterocycles. The van der Waals surface area contributed by atoms with E-state index in [1.165, 1.54) is 9.80 Å². The Hall–Kier alpha value is -3.88. The summed E-state index contributed by atoms with van der Waals surface area (Å²) in [6.07, 6.45) is -0.190. The zero-order valence-corrected chi connectivity index (χ0v) is 23.4. The number of nitriles is 1.